The second-order valence-electron chi connectivity index (χ2n) is 11.3. The van der Waals surface area contributed by atoms with Gasteiger partial charge in [-0.15, -0.1) is 0 Å². The van der Waals surface area contributed by atoms with E-state index in [1.807, 2.05) is 60.7 Å². The van der Waals surface area contributed by atoms with E-state index in [0.717, 1.165) is 11.1 Å². The number of amides is 2. The van der Waals surface area contributed by atoms with E-state index in [2.05, 4.69) is 0 Å². The minimum Gasteiger partial charge on any atom is -0.447 e. The van der Waals surface area contributed by atoms with Gasteiger partial charge in [0.25, 0.3) is 0 Å². The lowest BCUT2D eigenvalue weighted by atomic mass is 9.72. The lowest BCUT2D eigenvalue weighted by Crippen LogP contribution is -2.42. The maximum absolute atomic E-state index is 13.6. The molecule has 11 heteroatoms. The van der Waals surface area contributed by atoms with Crippen LogP contribution in [0.2, 0.25) is 0 Å². The SMILES string of the molecule is O=C(CC1CCCC(OCc2cc(C(F)(F)F)cc(C(F)(F)F)c2)C1c1ccccc1)N1C(=O)OC[C@H]1Cc1ccccc1. The van der Waals surface area contributed by atoms with Gasteiger partial charge in [0.1, 0.15) is 6.61 Å². The van der Waals surface area contributed by atoms with Gasteiger partial charge in [0.15, 0.2) is 0 Å². The number of imide groups is 1. The lowest BCUT2D eigenvalue weighted by Gasteiger charge is -2.39. The third kappa shape index (κ3) is 7.43. The van der Waals surface area contributed by atoms with E-state index >= 15 is 0 Å². The van der Waals surface area contributed by atoms with Crippen molar-refractivity contribution >= 4 is 12.0 Å². The highest BCUT2D eigenvalue weighted by atomic mass is 19.4. The maximum Gasteiger partial charge on any atom is 0.416 e. The summed E-state index contributed by atoms with van der Waals surface area (Å²) in [6, 6.07) is 19.6. The molecule has 234 valence electrons. The molecule has 44 heavy (non-hydrogen) atoms. The normalized spacial score (nSPS) is 22.6. The zero-order valence-corrected chi connectivity index (χ0v) is 23.6. The summed E-state index contributed by atoms with van der Waals surface area (Å²) in [6.07, 6.45) is -9.03. The zero-order valence-electron chi connectivity index (χ0n) is 23.6. The van der Waals surface area contributed by atoms with Crippen LogP contribution in [0.1, 0.15) is 59.4 Å². The van der Waals surface area contributed by atoms with Crippen molar-refractivity contribution in [3.05, 3.63) is 107 Å². The van der Waals surface area contributed by atoms with Gasteiger partial charge in [-0.3, -0.25) is 4.79 Å². The van der Waals surface area contributed by atoms with E-state index in [4.69, 9.17) is 9.47 Å². The Morgan fingerprint density at radius 2 is 1.45 bits per heavy atom. The topological polar surface area (TPSA) is 55.8 Å². The molecule has 3 aromatic rings. The molecule has 1 heterocycles. The molecule has 5 nitrogen and oxygen atoms in total. The Kier molecular flexibility index (Phi) is 9.34. The number of hydrogen-bond donors (Lipinski definition) is 0. The quantitative estimate of drug-likeness (QED) is 0.239. The number of halogens is 6. The Labute approximate surface area is 250 Å². The van der Waals surface area contributed by atoms with Gasteiger partial charge in [-0.25, -0.2) is 9.69 Å². The first-order chi connectivity index (χ1) is 20.9. The first kappa shape index (κ1) is 31.6. The van der Waals surface area contributed by atoms with Crippen molar-refractivity contribution in [2.45, 2.75) is 69.1 Å². The Hall–Kier alpha value is -3.86. The molecule has 3 aromatic carbocycles. The summed E-state index contributed by atoms with van der Waals surface area (Å²) in [5.41, 5.74) is -1.27. The Morgan fingerprint density at radius 1 is 0.841 bits per heavy atom. The number of nitrogens with zero attached hydrogens (tertiary/aromatic N) is 1. The van der Waals surface area contributed by atoms with Crippen LogP contribution in [0.25, 0.3) is 0 Å². The molecule has 4 atom stereocenters. The van der Waals surface area contributed by atoms with Crippen LogP contribution in [0.3, 0.4) is 0 Å². The van der Waals surface area contributed by atoms with Gasteiger partial charge in [0.05, 0.1) is 29.9 Å². The molecule has 0 N–H and O–H groups in total. The van der Waals surface area contributed by atoms with Crippen molar-refractivity contribution < 1.29 is 45.4 Å². The Morgan fingerprint density at radius 3 is 2.07 bits per heavy atom. The highest BCUT2D eigenvalue weighted by Crippen LogP contribution is 2.43. The Bertz CT molecular complexity index is 1410. The molecule has 2 aliphatic rings. The molecule has 1 saturated carbocycles. The molecule has 1 aliphatic heterocycles. The van der Waals surface area contributed by atoms with E-state index in [9.17, 15) is 35.9 Å². The van der Waals surface area contributed by atoms with Gasteiger partial charge in [0.2, 0.25) is 5.91 Å². The van der Waals surface area contributed by atoms with Crippen LogP contribution < -0.4 is 0 Å². The highest BCUT2D eigenvalue weighted by molar-refractivity contribution is 5.93. The average Bonchev–Trinajstić information content (AvgIpc) is 3.35. The summed E-state index contributed by atoms with van der Waals surface area (Å²) in [7, 11) is 0. The molecule has 0 bridgehead atoms. The second-order valence-corrected chi connectivity index (χ2v) is 11.3. The number of carbonyl (C=O) groups is 2. The van der Waals surface area contributed by atoms with E-state index in [1.54, 1.807) is 0 Å². The molecule has 0 radical (unpaired) electrons. The molecular weight excluding hydrogens is 588 g/mol. The van der Waals surface area contributed by atoms with Crippen LogP contribution >= 0.6 is 0 Å². The molecule has 1 aliphatic carbocycles. The van der Waals surface area contributed by atoms with Crippen molar-refractivity contribution in [3.8, 4) is 0 Å². The van der Waals surface area contributed by atoms with Gasteiger partial charge in [-0.05, 0) is 60.1 Å². The zero-order chi connectivity index (χ0) is 31.5. The van der Waals surface area contributed by atoms with Crippen LogP contribution in [0.4, 0.5) is 31.1 Å². The molecule has 2 fully saturated rings. The van der Waals surface area contributed by atoms with Crippen molar-refractivity contribution in [2.75, 3.05) is 6.61 Å². The molecule has 0 spiro atoms. The van der Waals surface area contributed by atoms with E-state index in [-0.39, 0.29) is 36.5 Å². The number of cyclic esters (lactones) is 1. The van der Waals surface area contributed by atoms with Gasteiger partial charge >= 0.3 is 18.4 Å². The molecule has 3 unspecified atom stereocenters. The lowest BCUT2D eigenvalue weighted by molar-refractivity contribution is -0.143. The monoisotopic (exact) mass is 619 g/mol. The van der Waals surface area contributed by atoms with Crippen LogP contribution in [0.5, 0.6) is 0 Å². The fourth-order valence-corrected chi connectivity index (χ4v) is 6.25. The fraction of sp³-hybridized carbons (Fsp3) is 0.394. The summed E-state index contributed by atoms with van der Waals surface area (Å²) >= 11 is 0. The van der Waals surface area contributed by atoms with Crippen molar-refractivity contribution in [1.82, 2.24) is 4.90 Å². The number of hydrogen-bond acceptors (Lipinski definition) is 4. The first-order valence-corrected chi connectivity index (χ1v) is 14.4. The maximum atomic E-state index is 13.6. The average molecular weight is 620 g/mol. The third-order valence-corrected chi connectivity index (χ3v) is 8.25. The number of carbonyl (C=O) groups excluding carboxylic acids is 2. The summed E-state index contributed by atoms with van der Waals surface area (Å²) in [4.78, 5) is 27.4. The van der Waals surface area contributed by atoms with Crippen LogP contribution in [0.15, 0.2) is 78.9 Å². The van der Waals surface area contributed by atoms with Gasteiger partial charge in [-0.1, -0.05) is 67.1 Å². The predicted octanol–water partition coefficient (Wildman–Crippen LogP) is 8.17. The molecule has 0 aromatic heterocycles. The summed E-state index contributed by atoms with van der Waals surface area (Å²) in [5, 5.41) is 0. The van der Waals surface area contributed by atoms with Crippen LogP contribution in [0, 0.1) is 5.92 Å². The number of benzene rings is 3. The smallest absolute Gasteiger partial charge is 0.416 e. The molecule has 5 rings (SSSR count). The third-order valence-electron chi connectivity index (χ3n) is 8.25. The van der Waals surface area contributed by atoms with E-state index in [1.165, 1.54) is 4.90 Å². The summed E-state index contributed by atoms with van der Waals surface area (Å²) < 4.78 is 91.8. The van der Waals surface area contributed by atoms with Crippen LogP contribution in [-0.2, 0) is 39.6 Å². The molecule has 1 saturated heterocycles. The number of ether oxygens (including phenoxy) is 2. The van der Waals surface area contributed by atoms with Gasteiger partial charge in [-0.2, -0.15) is 26.3 Å². The summed E-state index contributed by atoms with van der Waals surface area (Å²) in [6.45, 7) is -0.395. The van der Waals surface area contributed by atoms with Crippen molar-refractivity contribution in [3.63, 3.8) is 0 Å². The van der Waals surface area contributed by atoms with E-state index in [0.29, 0.717) is 37.8 Å². The van der Waals surface area contributed by atoms with Gasteiger partial charge in [0, 0.05) is 12.3 Å². The fourth-order valence-electron chi connectivity index (χ4n) is 6.25. The predicted molar refractivity (Wildman–Crippen MR) is 148 cm³/mol. The standard InChI is InChI=1S/C33H31F6NO4/c34-32(35,36)25-14-22(15-26(18-25)33(37,38)39)19-43-28-13-7-12-24(30(28)23-10-5-2-6-11-23)17-29(41)40-27(20-44-31(40)42)16-21-8-3-1-4-9-21/h1-6,8-11,14-15,18,24,27-28,30H,7,12-13,16-17,19-20H2/t24?,27-,28?,30?/m1/s1. The molecule has 2 amide bonds. The van der Waals surface area contributed by atoms with E-state index < -0.39 is 54.2 Å². The minimum atomic E-state index is -4.96. The number of rotatable bonds is 8. The second kappa shape index (κ2) is 13.0. The van der Waals surface area contributed by atoms with Gasteiger partial charge < -0.3 is 9.47 Å². The van der Waals surface area contributed by atoms with Crippen molar-refractivity contribution in [2.24, 2.45) is 5.92 Å². The van der Waals surface area contributed by atoms with Crippen LogP contribution in [-0.4, -0.2) is 35.7 Å². The minimum absolute atomic E-state index is 0.00158. The molecular formula is C33H31F6NO4. The highest BCUT2D eigenvalue weighted by Gasteiger charge is 2.42. The Balaban J connectivity index is 1.36. The summed E-state index contributed by atoms with van der Waals surface area (Å²) in [5.74, 6) is -1.07. The first-order valence-electron chi connectivity index (χ1n) is 14.4. The largest absolute Gasteiger partial charge is 0.447 e. The number of alkyl halides is 6. The van der Waals surface area contributed by atoms with Crippen molar-refractivity contribution in [1.29, 1.82) is 0 Å².